The Labute approximate surface area is 211 Å². The molecule has 9 heteroatoms. The van der Waals surface area contributed by atoms with Crippen molar-refractivity contribution in [1.82, 2.24) is 9.88 Å². The minimum atomic E-state index is -0.884. The van der Waals surface area contributed by atoms with E-state index in [1.165, 1.54) is 28.0 Å². The molecule has 0 unspecified atom stereocenters. The molecule has 1 aliphatic rings. The van der Waals surface area contributed by atoms with Gasteiger partial charge >= 0.3 is 5.97 Å². The zero-order chi connectivity index (χ0) is 23.9. The van der Waals surface area contributed by atoms with Crippen LogP contribution in [0.5, 0.6) is 0 Å². The number of amides is 1. The van der Waals surface area contributed by atoms with E-state index < -0.39 is 5.97 Å². The highest BCUT2D eigenvalue weighted by Crippen LogP contribution is 2.33. The standard InChI is InChI=1S/C25H21N3O3S3/c29-22(30)11-6-14-28-23(31)21(34-25(28)32)15-19-10-5-4-7-17(19)12-13-26-24-27-20(16-33-24)18-8-2-1-3-9-18/h1-5,7-10,13,15-16H,6,11-12,14H2,(H,29,30). The topological polar surface area (TPSA) is 82.9 Å². The molecule has 0 aliphatic carbocycles. The summed E-state index contributed by atoms with van der Waals surface area (Å²) >= 11 is 8.08. The maximum absolute atomic E-state index is 12.8. The number of rotatable bonds is 9. The van der Waals surface area contributed by atoms with Gasteiger partial charge in [-0.05, 0) is 23.6 Å². The van der Waals surface area contributed by atoms with Gasteiger partial charge in [0.2, 0.25) is 5.13 Å². The smallest absolute Gasteiger partial charge is 0.303 e. The van der Waals surface area contributed by atoms with E-state index in [4.69, 9.17) is 17.3 Å². The molecule has 4 rings (SSSR count). The lowest BCUT2D eigenvalue weighted by molar-refractivity contribution is -0.137. The molecule has 1 fully saturated rings. The Morgan fingerprint density at radius 2 is 1.91 bits per heavy atom. The highest BCUT2D eigenvalue weighted by Gasteiger charge is 2.31. The van der Waals surface area contributed by atoms with Crippen molar-refractivity contribution in [2.24, 2.45) is 4.99 Å². The number of thiazole rings is 1. The average Bonchev–Trinajstić information content (AvgIpc) is 3.41. The molecule has 0 saturated carbocycles. The van der Waals surface area contributed by atoms with Crippen LogP contribution in [0.25, 0.3) is 17.3 Å². The van der Waals surface area contributed by atoms with Crippen LogP contribution in [-0.4, -0.2) is 43.9 Å². The number of thiocarbonyl (C=S) groups is 1. The van der Waals surface area contributed by atoms with E-state index in [0.29, 0.717) is 33.7 Å². The summed E-state index contributed by atoms with van der Waals surface area (Å²) in [6, 6.07) is 17.8. The quantitative estimate of drug-likeness (QED) is 0.223. The van der Waals surface area contributed by atoms with Crippen molar-refractivity contribution in [2.75, 3.05) is 6.54 Å². The van der Waals surface area contributed by atoms with Gasteiger partial charge in [0.05, 0.1) is 10.6 Å². The Morgan fingerprint density at radius 1 is 1.15 bits per heavy atom. The van der Waals surface area contributed by atoms with Crippen molar-refractivity contribution in [1.29, 1.82) is 0 Å². The van der Waals surface area contributed by atoms with Crippen LogP contribution in [0.15, 0.2) is 69.9 Å². The van der Waals surface area contributed by atoms with Crippen LogP contribution in [0.4, 0.5) is 5.13 Å². The van der Waals surface area contributed by atoms with Gasteiger partial charge in [-0.25, -0.2) is 9.98 Å². The van der Waals surface area contributed by atoms with Crippen LogP contribution in [0.3, 0.4) is 0 Å². The molecule has 0 atom stereocenters. The second-order valence-corrected chi connectivity index (χ2v) is 9.94. The van der Waals surface area contributed by atoms with Crippen molar-refractivity contribution in [3.05, 3.63) is 76.0 Å². The number of carbonyl (C=O) groups excluding carboxylic acids is 1. The maximum atomic E-state index is 12.8. The van der Waals surface area contributed by atoms with E-state index in [2.05, 4.69) is 9.98 Å². The van der Waals surface area contributed by atoms with E-state index in [9.17, 15) is 9.59 Å². The van der Waals surface area contributed by atoms with Crippen LogP contribution in [0.1, 0.15) is 24.0 Å². The first-order valence-electron chi connectivity index (χ1n) is 10.6. The van der Waals surface area contributed by atoms with Gasteiger partial charge in [-0.3, -0.25) is 14.5 Å². The fraction of sp³-hybridized carbons (Fsp3) is 0.160. The first kappa shape index (κ1) is 24.0. The second kappa shape index (κ2) is 11.3. The normalized spacial score (nSPS) is 15.1. The van der Waals surface area contributed by atoms with Crippen LogP contribution in [0, 0.1) is 0 Å². The number of hydrogen-bond donors (Lipinski definition) is 1. The number of aromatic nitrogens is 1. The second-order valence-electron chi connectivity index (χ2n) is 7.43. The van der Waals surface area contributed by atoms with Gasteiger partial charge in [0.25, 0.3) is 5.91 Å². The minimum absolute atomic E-state index is 0.00418. The lowest BCUT2D eigenvalue weighted by atomic mass is 10.0. The molecule has 1 amide bonds. The average molecular weight is 508 g/mol. The summed E-state index contributed by atoms with van der Waals surface area (Å²) in [4.78, 5) is 34.7. The zero-order valence-corrected chi connectivity index (χ0v) is 20.5. The summed E-state index contributed by atoms with van der Waals surface area (Å²) < 4.78 is 0.457. The number of benzene rings is 2. The Bertz CT molecular complexity index is 1270. The minimum Gasteiger partial charge on any atom is -0.481 e. The van der Waals surface area contributed by atoms with E-state index in [0.717, 1.165) is 22.4 Å². The van der Waals surface area contributed by atoms with Crippen LogP contribution < -0.4 is 0 Å². The zero-order valence-electron chi connectivity index (χ0n) is 18.1. The molecule has 2 heterocycles. The highest BCUT2D eigenvalue weighted by molar-refractivity contribution is 8.26. The number of carboxylic acids is 1. The fourth-order valence-electron chi connectivity index (χ4n) is 3.37. The summed E-state index contributed by atoms with van der Waals surface area (Å²) in [6.45, 7) is 0.307. The largest absolute Gasteiger partial charge is 0.481 e. The molecule has 0 spiro atoms. The number of aliphatic carboxylic acids is 1. The van der Waals surface area contributed by atoms with E-state index in [1.54, 1.807) is 0 Å². The van der Waals surface area contributed by atoms with Gasteiger partial charge in [-0.15, -0.1) is 11.3 Å². The molecule has 1 aliphatic heterocycles. The predicted octanol–water partition coefficient (Wildman–Crippen LogP) is 5.82. The van der Waals surface area contributed by atoms with Crippen molar-refractivity contribution >= 4 is 68.9 Å². The predicted molar refractivity (Wildman–Crippen MR) is 143 cm³/mol. The van der Waals surface area contributed by atoms with Crippen molar-refractivity contribution in [3.63, 3.8) is 0 Å². The monoisotopic (exact) mass is 507 g/mol. The van der Waals surface area contributed by atoms with Crippen molar-refractivity contribution in [2.45, 2.75) is 19.3 Å². The summed E-state index contributed by atoms with van der Waals surface area (Å²) in [5.74, 6) is -1.06. The molecule has 172 valence electrons. The van der Waals surface area contributed by atoms with Crippen LogP contribution in [-0.2, 0) is 16.0 Å². The number of carbonyl (C=O) groups is 2. The van der Waals surface area contributed by atoms with Gasteiger partial charge in [-0.1, -0.05) is 78.6 Å². The van der Waals surface area contributed by atoms with Crippen LogP contribution >= 0.6 is 35.3 Å². The number of thioether (sulfide) groups is 1. The molecular formula is C25H21N3O3S3. The van der Waals surface area contributed by atoms with Gasteiger partial charge in [0, 0.05) is 36.5 Å². The third-order valence-electron chi connectivity index (χ3n) is 5.06. The van der Waals surface area contributed by atoms with Crippen molar-refractivity contribution in [3.8, 4) is 11.3 Å². The highest BCUT2D eigenvalue weighted by atomic mass is 32.2. The fourth-order valence-corrected chi connectivity index (χ4v) is 5.36. The van der Waals surface area contributed by atoms with Gasteiger partial charge < -0.3 is 5.11 Å². The Hall–Kier alpha value is -3.14. The summed E-state index contributed by atoms with van der Waals surface area (Å²) in [5, 5.41) is 11.5. The Balaban J connectivity index is 1.44. The van der Waals surface area contributed by atoms with E-state index in [-0.39, 0.29) is 12.3 Å². The van der Waals surface area contributed by atoms with Crippen LogP contribution in [0.2, 0.25) is 0 Å². The van der Waals surface area contributed by atoms with Gasteiger partial charge in [-0.2, -0.15) is 0 Å². The molecule has 0 bridgehead atoms. The van der Waals surface area contributed by atoms with E-state index >= 15 is 0 Å². The molecule has 3 aromatic rings. The summed E-state index contributed by atoms with van der Waals surface area (Å²) in [7, 11) is 0. The molecular weight excluding hydrogens is 486 g/mol. The summed E-state index contributed by atoms with van der Waals surface area (Å²) in [5.41, 5.74) is 3.92. The third kappa shape index (κ3) is 6.05. The molecule has 1 aromatic heterocycles. The number of aliphatic imine (C=N–C) groups is 1. The molecule has 1 N–H and O–H groups in total. The first-order valence-corrected chi connectivity index (χ1v) is 12.7. The van der Waals surface area contributed by atoms with Gasteiger partial charge in [0.15, 0.2) is 0 Å². The molecule has 6 nitrogen and oxygen atoms in total. The van der Waals surface area contributed by atoms with Gasteiger partial charge in [0.1, 0.15) is 4.32 Å². The lowest BCUT2D eigenvalue weighted by Gasteiger charge is -2.13. The molecule has 34 heavy (non-hydrogen) atoms. The number of nitrogens with zero attached hydrogens (tertiary/aromatic N) is 3. The Kier molecular flexibility index (Phi) is 7.99. The Morgan fingerprint density at radius 3 is 2.71 bits per heavy atom. The maximum Gasteiger partial charge on any atom is 0.303 e. The first-order chi connectivity index (χ1) is 16.5. The summed E-state index contributed by atoms with van der Waals surface area (Å²) in [6.07, 6.45) is 4.63. The molecule has 1 saturated heterocycles. The molecule has 0 radical (unpaired) electrons. The lowest BCUT2D eigenvalue weighted by Crippen LogP contribution is -2.29. The van der Waals surface area contributed by atoms with Crippen molar-refractivity contribution < 1.29 is 14.7 Å². The number of hydrogen-bond acceptors (Lipinski definition) is 7. The van der Waals surface area contributed by atoms with E-state index in [1.807, 2.05) is 72.3 Å². The SMILES string of the molecule is O=C(O)CCCN1C(=O)C(=Cc2ccccc2CC=Nc2nc(-c3ccccc3)cs2)SC1=S. The third-order valence-corrected chi connectivity index (χ3v) is 7.19. The molecule has 2 aromatic carbocycles. The number of carboxylic acid groups (broad SMARTS) is 1.